The molecule has 0 saturated heterocycles. The monoisotopic (exact) mass is 313 g/mol. The summed E-state index contributed by atoms with van der Waals surface area (Å²) in [5.41, 5.74) is 6.54. The van der Waals surface area contributed by atoms with E-state index >= 15 is 0 Å². The molecule has 0 heterocycles. The summed E-state index contributed by atoms with van der Waals surface area (Å²) in [6.07, 6.45) is 0. The lowest BCUT2D eigenvalue weighted by atomic mass is 10.1. The van der Waals surface area contributed by atoms with Crippen LogP contribution < -0.4 is 5.73 Å². The van der Waals surface area contributed by atoms with E-state index in [1.807, 2.05) is 0 Å². The first kappa shape index (κ1) is 15.0. The lowest BCUT2D eigenvalue weighted by Crippen LogP contribution is -2.09. The Labute approximate surface area is 122 Å². The summed E-state index contributed by atoms with van der Waals surface area (Å²) in [5.74, 6) is -0.776. The predicted octanol–water partition coefficient (Wildman–Crippen LogP) is 2.91. The van der Waals surface area contributed by atoms with E-state index in [0.717, 1.165) is 0 Å². The molecule has 2 aromatic carbocycles. The first-order valence-corrected chi connectivity index (χ1v) is 7.91. The number of hydrogen-bond donors (Lipinski definition) is 1. The normalized spacial score (nSPS) is 11.6. The van der Waals surface area contributed by atoms with Gasteiger partial charge in [0.1, 0.15) is 5.82 Å². The van der Waals surface area contributed by atoms with Crippen molar-refractivity contribution in [3.8, 4) is 0 Å². The Balaban J connectivity index is 2.37. The number of rotatable bonds is 4. The van der Waals surface area contributed by atoms with Crippen LogP contribution in [-0.4, -0.2) is 8.42 Å². The third kappa shape index (κ3) is 3.36. The lowest BCUT2D eigenvalue weighted by Gasteiger charge is -2.09. The average molecular weight is 314 g/mol. The Kier molecular flexibility index (Phi) is 4.42. The molecule has 2 aromatic rings. The molecule has 0 bridgehead atoms. The van der Waals surface area contributed by atoms with Crippen LogP contribution in [0.1, 0.15) is 11.1 Å². The fourth-order valence-corrected chi connectivity index (χ4v) is 3.38. The Bertz CT molecular complexity index is 714. The van der Waals surface area contributed by atoms with E-state index in [0.29, 0.717) is 16.1 Å². The first-order valence-electron chi connectivity index (χ1n) is 5.88. The molecule has 0 unspecified atom stereocenters. The van der Waals surface area contributed by atoms with Gasteiger partial charge >= 0.3 is 0 Å². The van der Waals surface area contributed by atoms with Crippen molar-refractivity contribution in [3.63, 3.8) is 0 Å². The molecule has 0 saturated carbocycles. The Morgan fingerprint density at radius 1 is 1.05 bits per heavy atom. The zero-order valence-corrected chi connectivity index (χ0v) is 12.1. The second-order valence-corrected chi connectivity index (χ2v) is 6.76. The van der Waals surface area contributed by atoms with Crippen LogP contribution in [0.25, 0.3) is 0 Å². The topological polar surface area (TPSA) is 60.2 Å². The van der Waals surface area contributed by atoms with Gasteiger partial charge in [0, 0.05) is 11.6 Å². The molecule has 2 N–H and O–H groups in total. The molecule has 0 aliphatic heterocycles. The summed E-state index contributed by atoms with van der Waals surface area (Å²) < 4.78 is 37.8. The molecule has 106 valence electrons. The molecular formula is C14H13ClFNO2S. The van der Waals surface area contributed by atoms with E-state index in [-0.39, 0.29) is 17.2 Å². The molecule has 2 rings (SSSR count). The maximum Gasteiger partial charge on any atom is 0.182 e. The maximum absolute atomic E-state index is 13.3. The molecule has 0 radical (unpaired) electrons. The standard InChI is InChI=1S/C14H13ClFNO2S/c15-12-2-5-14(6-3-12)20(18,19)9-11-7-13(16)4-1-10(11)8-17/h1-7H,8-9,17H2. The first-order chi connectivity index (χ1) is 9.42. The number of nitrogens with two attached hydrogens (primary N) is 1. The van der Waals surface area contributed by atoms with Gasteiger partial charge in [-0.25, -0.2) is 12.8 Å². The van der Waals surface area contributed by atoms with Crippen molar-refractivity contribution in [2.45, 2.75) is 17.2 Å². The van der Waals surface area contributed by atoms with Gasteiger partial charge < -0.3 is 5.73 Å². The zero-order chi connectivity index (χ0) is 14.8. The predicted molar refractivity (Wildman–Crippen MR) is 76.6 cm³/mol. The van der Waals surface area contributed by atoms with Crippen LogP contribution in [0.5, 0.6) is 0 Å². The maximum atomic E-state index is 13.3. The van der Waals surface area contributed by atoms with E-state index in [9.17, 15) is 12.8 Å². The smallest absolute Gasteiger partial charge is 0.182 e. The van der Waals surface area contributed by atoms with Crippen LogP contribution in [0.2, 0.25) is 5.02 Å². The Morgan fingerprint density at radius 3 is 2.30 bits per heavy atom. The van der Waals surface area contributed by atoms with Crippen LogP contribution >= 0.6 is 11.6 Å². The molecular weight excluding hydrogens is 301 g/mol. The summed E-state index contributed by atoms with van der Waals surface area (Å²) in [7, 11) is -3.56. The summed E-state index contributed by atoms with van der Waals surface area (Å²) in [6, 6.07) is 9.84. The molecule has 0 aliphatic rings. The van der Waals surface area contributed by atoms with Crippen molar-refractivity contribution in [1.82, 2.24) is 0 Å². The van der Waals surface area contributed by atoms with Gasteiger partial charge in [-0.3, -0.25) is 0 Å². The van der Waals surface area contributed by atoms with Gasteiger partial charge in [-0.2, -0.15) is 0 Å². The van der Waals surface area contributed by atoms with Crippen molar-refractivity contribution in [2.75, 3.05) is 0 Å². The van der Waals surface area contributed by atoms with Crippen molar-refractivity contribution in [1.29, 1.82) is 0 Å². The minimum Gasteiger partial charge on any atom is -0.326 e. The molecule has 0 aromatic heterocycles. The van der Waals surface area contributed by atoms with E-state index in [1.54, 1.807) is 0 Å². The average Bonchev–Trinajstić information content (AvgIpc) is 2.39. The Morgan fingerprint density at radius 2 is 1.70 bits per heavy atom. The summed E-state index contributed by atoms with van der Waals surface area (Å²) in [6.45, 7) is 0.158. The van der Waals surface area contributed by atoms with E-state index in [4.69, 9.17) is 17.3 Å². The number of benzene rings is 2. The van der Waals surface area contributed by atoms with E-state index in [1.165, 1.54) is 42.5 Å². The fourth-order valence-electron chi connectivity index (χ4n) is 1.86. The second-order valence-electron chi connectivity index (χ2n) is 4.33. The third-order valence-corrected chi connectivity index (χ3v) is 4.84. The number of sulfone groups is 1. The van der Waals surface area contributed by atoms with Gasteiger partial charge in [0.25, 0.3) is 0 Å². The molecule has 0 aliphatic carbocycles. The van der Waals surface area contributed by atoms with Crippen LogP contribution in [0.3, 0.4) is 0 Å². The Hall–Kier alpha value is -1.43. The molecule has 20 heavy (non-hydrogen) atoms. The molecule has 0 amide bonds. The quantitative estimate of drug-likeness (QED) is 0.944. The highest BCUT2D eigenvalue weighted by molar-refractivity contribution is 7.90. The van der Waals surface area contributed by atoms with Gasteiger partial charge in [-0.05, 0) is 47.5 Å². The van der Waals surface area contributed by atoms with Gasteiger partial charge in [0.05, 0.1) is 10.6 Å². The molecule has 6 heteroatoms. The largest absolute Gasteiger partial charge is 0.326 e. The van der Waals surface area contributed by atoms with Crippen LogP contribution in [0.4, 0.5) is 4.39 Å². The molecule has 0 spiro atoms. The highest BCUT2D eigenvalue weighted by atomic mass is 35.5. The molecule has 0 atom stereocenters. The lowest BCUT2D eigenvalue weighted by molar-refractivity contribution is 0.594. The van der Waals surface area contributed by atoms with Gasteiger partial charge in [0.2, 0.25) is 0 Å². The van der Waals surface area contributed by atoms with E-state index in [2.05, 4.69) is 0 Å². The van der Waals surface area contributed by atoms with Gasteiger partial charge in [-0.15, -0.1) is 0 Å². The van der Waals surface area contributed by atoms with Crippen LogP contribution in [0, 0.1) is 5.82 Å². The summed E-state index contributed by atoms with van der Waals surface area (Å²) >= 11 is 5.73. The summed E-state index contributed by atoms with van der Waals surface area (Å²) in [4.78, 5) is 0.147. The summed E-state index contributed by atoms with van der Waals surface area (Å²) in [5, 5.41) is 0.456. The van der Waals surface area contributed by atoms with Gasteiger partial charge in [0.15, 0.2) is 9.84 Å². The minimum atomic E-state index is -3.56. The zero-order valence-electron chi connectivity index (χ0n) is 10.5. The van der Waals surface area contributed by atoms with Crippen molar-refractivity contribution < 1.29 is 12.8 Å². The third-order valence-electron chi connectivity index (χ3n) is 2.91. The minimum absolute atomic E-state index is 0.147. The van der Waals surface area contributed by atoms with E-state index < -0.39 is 15.7 Å². The number of halogens is 2. The van der Waals surface area contributed by atoms with Gasteiger partial charge in [-0.1, -0.05) is 17.7 Å². The highest BCUT2D eigenvalue weighted by Crippen LogP contribution is 2.21. The van der Waals surface area contributed by atoms with Crippen molar-refractivity contribution >= 4 is 21.4 Å². The highest BCUT2D eigenvalue weighted by Gasteiger charge is 2.17. The SMILES string of the molecule is NCc1ccc(F)cc1CS(=O)(=O)c1ccc(Cl)cc1. The molecule has 3 nitrogen and oxygen atoms in total. The molecule has 0 fully saturated rings. The van der Waals surface area contributed by atoms with Crippen LogP contribution in [0.15, 0.2) is 47.4 Å². The fraction of sp³-hybridized carbons (Fsp3) is 0.143. The number of hydrogen-bond acceptors (Lipinski definition) is 3. The van der Waals surface area contributed by atoms with Crippen molar-refractivity contribution in [2.24, 2.45) is 5.73 Å². The van der Waals surface area contributed by atoms with Crippen LogP contribution in [-0.2, 0) is 22.1 Å². The van der Waals surface area contributed by atoms with Crippen molar-refractivity contribution in [3.05, 3.63) is 64.4 Å². The second kappa shape index (κ2) is 5.91.